The molecule has 1 aromatic rings. The molecule has 0 amide bonds. The molecule has 1 N–H and O–H groups in total. The molecule has 0 aromatic heterocycles. The van der Waals surface area contributed by atoms with Crippen LogP contribution in [0.5, 0.6) is 5.75 Å². The van der Waals surface area contributed by atoms with Crippen LogP contribution >= 0.6 is 0 Å². The average molecular weight is 223 g/mol. The predicted octanol–water partition coefficient (Wildman–Crippen LogP) is 2.07. The minimum absolute atomic E-state index is 0.250. The summed E-state index contributed by atoms with van der Waals surface area (Å²) >= 11 is 0. The molecule has 0 aliphatic rings. The highest BCUT2D eigenvalue weighted by Crippen LogP contribution is 2.25. The summed E-state index contributed by atoms with van der Waals surface area (Å²) in [5, 5.41) is 8.89. The Kier molecular flexibility index (Phi) is 5.29. The second-order valence-corrected chi connectivity index (χ2v) is 4.12. The summed E-state index contributed by atoms with van der Waals surface area (Å²) < 4.78 is 5.14. The molecule has 1 unspecified atom stereocenters. The molecule has 0 bridgehead atoms. The highest BCUT2D eigenvalue weighted by molar-refractivity contribution is 5.29. The standard InChI is InChI=1S/C13H21NO2/c1-14(2)13(5-4-10-15)11-6-8-12(16-3)9-7-11/h6-9,13,15H,4-5,10H2,1-3H3. The fraction of sp³-hybridized carbons (Fsp3) is 0.538. The van der Waals surface area contributed by atoms with E-state index in [1.54, 1.807) is 7.11 Å². The molecule has 16 heavy (non-hydrogen) atoms. The number of ether oxygens (including phenoxy) is 1. The lowest BCUT2D eigenvalue weighted by atomic mass is 10.0. The third-order valence-corrected chi connectivity index (χ3v) is 2.76. The van der Waals surface area contributed by atoms with Gasteiger partial charge in [0.25, 0.3) is 0 Å². The van der Waals surface area contributed by atoms with Crippen molar-refractivity contribution in [2.45, 2.75) is 18.9 Å². The third-order valence-electron chi connectivity index (χ3n) is 2.76. The van der Waals surface area contributed by atoms with E-state index in [-0.39, 0.29) is 6.61 Å². The molecule has 1 rings (SSSR count). The number of aliphatic hydroxyl groups excluding tert-OH is 1. The van der Waals surface area contributed by atoms with Crippen LogP contribution in [0, 0.1) is 0 Å². The van der Waals surface area contributed by atoms with E-state index in [9.17, 15) is 0 Å². The summed E-state index contributed by atoms with van der Waals surface area (Å²) in [4.78, 5) is 2.18. The molecule has 0 saturated heterocycles. The highest BCUT2D eigenvalue weighted by atomic mass is 16.5. The molecule has 1 aromatic carbocycles. The maximum absolute atomic E-state index is 8.89. The van der Waals surface area contributed by atoms with Crippen LogP contribution in [0.15, 0.2) is 24.3 Å². The van der Waals surface area contributed by atoms with Crippen LogP contribution in [-0.4, -0.2) is 37.8 Å². The van der Waals surface area contributed by atoms with E-state index in [4.69, 9.17) is 9.84 Å². The molecular formula is C13H21NO2. The van der Waals surface area contributed by atoms with Gasteiger partial charge in [0.1, 0.15) is 5.75 Å². The molecule has 3 nitrogen and oxygen atoms in total. The molecule has 0 spiro atoms. The summed E-state index contributed by atoms with van der Waals surface area (Å²) in [7, 11) is 5.79. The van der Waals surface area contributed by atoms with Crippen LogP contribution in [0.25, 0.3) is 0 Å². The summed E-state index contributed by atoms with van der Waals surface area (Å²) in [6.07, 6.45) is 1.80. The van der Waals surface area contributed by atoms with Crippen LogP contribution in [0.1, 0.15) is 24.4 Å². The van der Waals surface area contributed by atoms with Crippen LogP contribution < -0.4 is 4.74 Å². The van der Waals surface area contributed by atoms with E-state index >= 15 is 0 Å². The Bertz CT molecular complexity index is 295. The van der Waals surface area contributed by atoms with Crippen molar-refractivity contribution in [3.8, 4) is 5.75 Å². The average Bonchev–Trinajstić information content (AvgIpc) is 2.30. The number of aliphatic hydroxyl groups is 1. The van der Waals surface area contributed by atoms with E-state index < -0.39 is 0 Å². The van der Waals surface area contributed by atoms with Gasteiger partial charge >= 0.3 is 0 Å². The topological polar surface area (TPSA) is 32.7 Å². The van der Waals surface area contributed by atoms with Gasteiger partial charge in [0.15, 0.2) is 0 Å². The van der Waals surface area contributed by atoms with Gasteiger partial charge in [-0.1, -0.05) is 12.1 Å². The van der Waals surface area contributed by atoms with Crippen molar-refractivity contribution >= 4 is 0 Å². The van der Waals surface area contributed by atoms with Gasteiger partial charge in [0, 0.05) is 12.6 Å². The minimum atomic E-state index is 0.250. The lowest BCUT2D eigenvalue weighted by molar-refractivity contribution is 0.235. The Morgan fingerprint density at radius 1 is 1.25 bits per heavy atom. The molecule has 0 aliphatic carbocycles. The van der Waals surface area contributed by atoms with Gasteiger partial charge in [-0.05, 0) is 44.6 Å². The second kappa shape index (κ2) is 6.51. The van der Waals surface area contributed by atoms with Crippen molar-refractivity contribution in [3.05, 3.63) is 29.8 Å². The lowest BCUT2D eigenvalue weighted by Crippen LogP contribution is -2.20. The van der Waals surface area contributed by atoms with Gasteiger partial charge < -0.3 is 14.7 Å². The molecule has 0 heterocycles. The van der Waals surface area contributed by atoms with E-state index in [0.717, 1.165) is 18.6 Å². The summed E-state index contributed by atoms with van der Waals surface area (Å²) in [6.45, 7) is 0.250. The Morgan fingerprint density at radius 3 is 2.31 bits per heavy atom. The summed E-state index contributed by atoms with van der Waals surface area (Å²) in [5.74, 6) is 0.878. The van der Waals surface area contributed by atoms with Gasteiger partial charge in [0.05, 0.1) is 7.11 Å². The first-order valence-corrected chi connectivity index (χ1v) is 5.60. The SMILES string of the molecule is COc1ccc(C(CCCO)N(C)C)cc1. The van der Waals surface area contributed by atoms with Crippen molar-refractivity contribution < 1.29 is 9.84 Å². The number of methoxy groups -OCH3 is 1. The zero-order valence-corrected chi connectivity index (χ0v) is 10.3. The van der Waals surface area contributed by atoms with E-state index in [2.05, 4.69) is 31.1 Å². The number of hydrogen-bond acceptors (Lipinski definition) is 3. The number of nitrogens with zero attached hydrogens (tertiary/aromatic N) is 1. The number of benzene rings is 1. The van der Waals surface area contributed by atoms with Crippen LogP contribution in [0.2, 0.25) is 0 Å². The molecular weight excluding hydrogens is 202 g/mol. The molecule has 0 fully saturated rings. The lowest BCUT2D eigenvalue weighted by Gasteiger charge is -2.24. The van der Waals surface area contributed by atoms with Gasteiger partial charge in [-0.15, -0.1) is 0 Å². The Morgan fingerprint density at radius 2 is 1.88 bits per heavy atom. The van der Waals surface area contributed by atoms with Gasteiger partial charge in [-0.3, -0.25) is 0 Å². The van der Waals surface area contributed by atoms with E-state index in [0.29, 0.717) is 6.04 Å². The largest absolute Gasteiger partial charge is 0.497 e. The fourth-order valence-electron chi connectivity index (χ4n) is 1.83. The van der Waals surface area contributed by atoms with E-state index in [1.165, 1.54) is 5.56 Å². The Hall–Kier alpha value is -1.06. The maximum atomic E-state index is 8.89. The van der Waals surface area contributed by atoms with Crippen molar-refractivity contribution in [3.63, 3.8) is 0 Å². The van der Waals surface area contributed by atoms with Gasteiger partial charge in [-0.25, -0.2) is 0 Å². The highest BCUT2D eigenvalue weighted by Gasteiger charge is 2.13. The monoisotopic (exact) mass is 223 g/mol. The zero-order chi connectivity index (χ0) is 12.0. The van der Waals surface area contributed by atoms with Crippen molar-refractivity contribution in [2.24, 2.45) is 0 Å². The number of rotatable bonds is 6. The molecule has 1 atom stereocenters. The normalized spacial score (nSPS) is 12.8. The van der Waals surface area contributed by atoms with Crippen molar-refractivity contribution in [2.75, 3.05) is 27.8 Å². The Balaban J connectivity index is 2.75. The first-order valence-electron chi connectivity index (χ1n) is 5.60. The van der Waals surface area contributed by atoms with Gasteiger partial charge in [0.2, 0.25) is 0 Å². The smallest absolute Gasteiger partial charge is 0.118 e. The third kappa shape index (κ3) is 3.51. The second-order valence-electron chi connectivity index (χ2n) is 4.12. The zero-order valence-electron chi connectivity index (χ0n) is 10.3. The fourth-order valence-corrected chi connectivity index (χ4v) is 1.83. The van der Waals surface area contributed by atoms with Crippen molar-refractivity contribution in [1.82, 2.24) is 4.90 Å². The summed E-state index contributed by atoms with van der Waals surface area (Å²) in [6, 6.07) is 8.48. The Labute approximate surface area is 97.7 Å². The minimum Gasteiger partial charge on any atom is -0.497 e. The van der Waals surface area contributed by atoms with Crippen molar-refractivity contribution in [1.29, 1.82) is 0 Å². The maximum Gasteiger partial charge on any atom is 0.118 e. The van der Waals surface area contributed by atoms with Crippen LogP contribution in [0.4, 0.5) is 0 Å². The molecule has 0 saturated carbocycles. The van der Waals surface area contributed by atoms with Gasteiger partial charge in [-0.2, -0.15) is 0 Å². The quantitative estimate of drug-likeness (QED) is 0.801. The molecule has 90 valence electrons. The van der Waals surface area contributed by atoms with Crippen LogP contribution in [-0.2, 0) is 0 Å². The number of hydrogen-bond donors (Lipinski definition) is 1. The first kappa shape index (κ1) is 13.0. The first-order chi connectivity index (χ1) is 7.69. The van der Waals surface area contributed by atoms with Crippen LogP contribution in [0.3, 0.4) is 0 Å². The summed E-state index contributed by atoms with van der Waals surface area (Å²) in [5.41, 5.74) is 1.26. The molecule has 0 radical (unpaired) electrons. The predicted molar refractivity (Wildman–Crippen MR) is 65.7 cm³/mol. The van der Waals surface area contributed by atoms with E-state index in [1.807, 2.05) is 12.1 Å². The molecule has 0 aliphatic heterocycles. The molecule has 3 heteroatoms.